The average molecular weight is 472 g/mol. The van der Waals surface area contributed by atoms with Crippen LogP contribution in [0.1, 0.15) is 33.1 Å². The van der Waals surface area contributed by atoms with Crippen molar-refractivity contribution in [2.24, 2.45) is 5.73 Å². The summed E-state index contributed by atoms with van der Waals surface area (Å²) in [7, 11) is 1.48. The number of hydrogen-bond acceptors (Lipinski definition) is 5. The van der Waals surface area contributed by atoms with Gasteiger partial charge in [-0.15, -0.1) is 0 Å². The number of nitrogens with two attached hydrogens (primary N) is 1. The summed E-state index contributed by atoms with van der Waals surface area (Å²) < 4.78 is 43.6. The third kappa shape index (κ3) is 4.27. The molecule has 4 N–H and O–H groups in total. The van der Waals surface area contributed by atoms with Crippen LogP contribution in [0.4, 0.5) is 18.0 Å². The molecule has 4 rings (SSSR count). The zero-order valence-electron chi connectivity index (χ0n) is 17.8. The number of methoxy groups -OCH3 is 1. The minimum atomic E-state index is -4.59. The molecule has 2 aliphatic heterocycles. The Bertz CT molecular complexity index is 1230. The van der Waals surface area contributed by atoms with Gasteiger partial charge in [-0.05, 0) is 35.4 Å². The second-order valence-electron chi connectivity index (χ2n) is 7.89. The van der Waals surface area contributed by atoms with Gasteiger partial charge in [-0.2, -0.15) is 13.2 Å². The summed E-state index contributed by atoms with van der Waals surface area (Å²) in [6, 6.07) is 7.19. The molecule has 2 atom stereocenters. The lowest BCUT2D eigenvalue weighted by Gasteiger charge is -2.26. The van der Waals surface area contributed by atoms with Gasteiger partial charge in [-0.1, -0.05) is 30.0 Å². The average Bonchev–Trinajstić information content (AvgIpc) is 3.26. The Kier molecular flexibility index (Phi) is 5.70. The van der Waals surface area contributed by atoms with Crippen molar-refractivity contribution in [1.29, 1.82) is 0 Å². The second kappa shape index (κ2) is 8.39. The summed E-state index contributed by atoms with van der Waals surface area (Å²) in [5, 5.41) is 4.60. The Hall–Kier alpha value is -4.04. The van der Waals surface area contributed by atoms with Gasteiger partial charge < -0.3 is 20.7 Å². The van der Waals surface area contributed by atoms with E-state index in [2.05, 4.69) is 22.5 Å². The second-order valence-corrected chi connectivity index (χ2v) is 7.89. The summed E-state index contributed by atoms with van der Waals surface area (Å²) in [4.78, 5) is 38.9. The Morgan fingerprint density at radius 1 is 1.18 bits per heavy atom. The van der Waals surface area contributed by atoms with E-state index in [9.17, 15) is 27.6 Å². The van der Waals surface area contributed by atoms with Crippen molar-refractivity contribution in [1.82, 2.24) is 15.5 Å². The maximum atomic E-state index is 12.9. The minimum Gasteiger partial charge on any atom is -0.497 e. The first-order valence-electron chi connectivity index (χ1n) is 10.1. The first-order valence-corrected chi connectivity index (χ1v) is 10.1. The molecule has 0 aliphatic carbocycles. The molecular formula is C23H19F3N4O4. The molecule has 0 saturated carbocycles. The van der Waals surface area contributed by atoms with Crippen LogP contribution in [0.3, 0.4) is 0 Å². The highest BCUT2D eigenvalue weighted by molar-refractivity contribution is 6.10. The molecule has 0 aromatic heterocycles. The predicted molar refractivity (Wildman–Crippen MR) is 113 cm³/mol. The molecule has 4 amide bonds. The van der Waals surface area contributed by atoms with Crippen molar-refractivity contribution in [2.45, 2.75) is 24.3 Å². The van der Waals surface area contributed by atoms with Gasteiger partial charge in [0.05, 0.1) is 13.7 Å². The molecule has 2 heterocycles. The van der Waals surface area contributed by atoms with Crippen molar-refractivity contribution < 1.29 is 32.3 Å². The molecule has 2 aliphatic rings. The van der Waals surface area contributed by atoms with Crippen LogP contribution >= 0.6 is 0 Å². The van der Waals surface area contributed by atoms with Gasteiger partial charge >= 0.3 is 12.2 Å². The fourth-order valence-electron chi connectivity index (χ4n) is 3.75. The van der Waals surface area contributed by atoms with E-state index in [1.165, 1.54) is 36.3 Å². The highest BCUT2D eigenvalue weighted by atomic mass is 19.4. The van der Waals surface area contributed by atoms with Crippen LogP contribution in [0.5, 0.6) is 5.75 Å². The first kappa shape index (κ1) is 23.1. The van der Waals surface area contributed by atoms with E-state index in [-0.39, 0.29) is 24.6 Å². The number of urea groups is 1. The molecule has 2 aromatic carbocycles. The summed E-state index contributed by atoms with van der Waals surface area (Å²) >= 11 is 0. The van der Waals surface area contributed by atoms with Gasteiger partial charge in [-0.25, -0.2) is 4.79 Å². The van der Waals surface area contributed by atoms with Crippen molar-refractivity contribution in [3.63, 3.8) is 0 Å². The number of ether oxygens (including phenoxy) is 1. The normalized spacial score (nSPS) is 20.3. The fraction of sp³-hybridized carbons (Fsp3) is 0.261. The summed E-state index contributed by atoms with van der Waals surface area (Å²) in [6.07, 6.45) is -4.59. The highest BCUT2D eigenvalue weighted by Gasteiger charge is 2.48. The van der Waals surface area contributed by atoms with Crippen LogP contribution in [-0.2, 0) is 11.3 Å². The van der Waals surface area contributed by atoms with Gasteiger partial charge in [0.15, 0.2) is 0 Å². The number of amides is 4. The molecule has 1 saturated heterocycles. The molecule has 2 unspecified atom stereocenters. The van der Waals surface area contributed by atoms with Gasteiger partial charge in [0, 0.05) is 17.7 Å². The van der Waals surface area contributed by atoms with Crippen molar-refractivity contribution in [3.8, 4) is 17.6 Å². The van der Waals surface area contributed by atoms with Crippen LogP contribution < -0.4 is 21.1 Å². The lowest BCUT2D eigenvalue weighted by atomic mass is 9.98. The lowest BCUT2D eigenvalue weighted by Crippen LogP contribution is -2.54. The zero-order chi connectivity index (χ0) is 24.7. The molecule has 0 radical (unpaired) electrons. The number of benzene rings is 2. The highest BCUT2D eigenvalue weighted by Crippen LogP contribution is 2.31. The minimum absolute atomic E-state index is 0.143. The van der Waals surface area contributed by atoms with E-state index >= 15 is 0 Å². The van der Waals surface area contributed by atoms with Crippen molar-refractivity contribution >= 4 is 17.8 Å². The number of halogens is 3. The largest absolute Gasteiger partial charge is 0.497 e. The molecular weight excluding hydrogens is 453 g/mol. The Labute approximate surface area is 192 Å². The van der Waals surface area contributed by atoms with Crippen molar-refractivity contribution in [2.75, 3.05) is 13.7 Å². The van der Waals surface area contributed by atoms with E-state index in [1.807, 2.05) is 0 Å². The fourth-order valence-corrected chi connectivity index (χ4v) is 3.75. The number of hydrogen-bond donors (Lipinski definition) is 3. The Morgan fingerprint density at radius 3 is 2.47 bits per heavy atom. The van der Waals surface area contributed by atoms with Crippen LogP contribution in [0, 0.1) is 11.8 Å². The van der Waals surface area contributed by atoms with Gasteiger partial charge in [0.1, 0.15) is 11.8 Å². The number of carbonyl (C=O) groups is 3. The molecule has 2 aromatic rings. The molecule has 8 nitrogen and oxygen atoms in total. The molecule has 34 heavy (non-hydrogen) atoms. The van der Waals surface area contributed by atoms with Crippen LogP contribution in [0.25, 0.3) is 0 Å². The number of rotatable bonds is 4. The number of carbonyl (C=O) groups excluding carboxylic acids is 3. The monoisotopic (exact) mass is 472 g/mol. The SMILES string of the molecule is COc1ccc2c(c1)C(=O)N(CC1(C#Cc3ccc(C(N)C(F)(F)F)cc3)NC(=O)NC1=O)C2. The van der Waals surface area contributed by atoms with Crippen LogP contribution in [0.15, 0.2) is 42.5 Å². The molecule has 0 spiro atoms. The molecule has 176 valence electrons. The third-order valence-corrected chi connectivity index (χ3v) is 5.61. The zero-order valence-corrected chi connectivity index (χ0v) is 17.8. The summed E-state index contributed by atoms with van der Waals surface area (Å²) in [5.41, 5.74) is 4.77. The third-order valence-electron chi connectivity index (χ3n) is 5.61. The van der Waals surface area contributed by atoms with Gasteiger partial charge in [0.2, 0.25) is 5.54 Å². The summed E-state index contributed by atoms with van der Waals surface area (Å²) in [5.74, 6) is 4.82. The van der Waals surface area contributed by atoms with Crippen molar-refractivity contribution in [3.05, 3.63) is 64.7 Å². The number of imide groups is 1. The molecule has 0 bridgehead atoms. The first-order chi connectivity index (χ1) is 16.0. The van der Waals surface area contributed by atoms with Crippen LogP contribution in [-0.4, -0.2) is 48.1 Å². The van der Waals surface area contributed by atoms with E-state index in [4.69, 9.17) is 10.5 Å². The van der Waals surface area contributed by atoms with E-state index in [1.54, 1.807) is 18.2 Å². The predicted octanol–water partition coefficient (Wildman–Crippen LogP) is 1.84. The maximum Gasteiger partial charge on any atom is 0.407 e. The maximum absolute atomic E-state index is 12.9. The smallest absolute Gasteiger partial charge is 0.407 e. The topological polar surface area (TPSA) is 114 Å². The van der Waals surface area contributed by atoms with Gasteiger partial charge in [0.25, 0.3) is 11.8 Å². The number of nitrogens with one attached hydrogen (secondary N) is 2. The van der Waals surface area contributed by atoms with E-state index in [0.717, 1.165) is 5.56 Å². The number of alkyl halides is 3. The van der Waals surface area contributed by atoms with Crippen LogP contribution in [0.2, 0.25) is 0 Å². The standard InChI is InChI=1S/C23H19F3N4O4/c1-34-16-7-6-15-11-30(19(31)17(15)10-16)12-22(20(32)28-21(33)29-22)9-8-13-2-4-14(5-3-13)18(27)23(24,25)26/h2-7,10,18H,11-12,27H2,1H3,(H2,28,29,32,33). The van der Waals surface area contributed by atoms with Gasteiger partial charge in [-0.3, -0.25) is 14.9 Å². The van der Waals surface area contributed by atoms with E-state index in [0.29, 0.717) is 16.9 Å². The lowest BCUT2D eigenvalue weighted by molar-refractivity contribution is -0.149. The Balaban J connectivity index is 1.59. The van der Waals surface area contributed by atoms with E-state index < -0.39 is 29.7 Å². The quantitative estimate of drug-likeness (QED) is 0.464. The molecule has 11 heteroatoms. The summed E-state index contributed by atoms with van der Waals surface area (Å²) in [6.45, 7) is -0.0286. The molecule has 1 fully saturated rings. The number of fused-ring (bicyclic) bond motifs is 1. The Morgan fingerprint density at radius 2 is 1.88 bits per heavy atom. The number of nitrogens with zero attached hydrogens (tertiary/aromatic N) is 1.